The van der Waals surface area contributed by atoms with Crippen LogP contribution < -0.4 is 10.5 Å². The number of rotatable bonds is 3. The molecule has 1 aromatic heterocycles. The van der Waals surface area contributed by atoms with E-state index in [9.17, 15) is 0 Å². The lowest BCUT2D eigenvalue weighted by atomic mass is 10.1. The van der Waals surface area contributed by atoms with Crippen molar-refractivity contribution in [3.8, 4) is 5.75 Å². The number of ether oxygens (including phenoxy) is 1. The zero-order valence-electron chi connectivity index (χ0n) is 9.60. The second kappa shape index (κ2) is 4.49. The van der Waals surface area contributed by atoms with Crippen molar-refractivity contribution in [3.05, 3.63) is 36.0 Å². The molecule has 2 N–H and O–H groups in total. The number of methoxy groups -OCH3 is 1. The van der Waals surface area contributed by atoms with Crippen molar-refractivity contribution in [2.24, 2.45) is 5.73 Å². The van der Waals surface area contributed by atoms with Gasteiger partial charge in [0.05, 0.1) is 12.6 Å². The van der Waals surface area contributed by atoms with E-state index in [1.54, 1.807) is 7.11 Å². The van der Waals surface area contributed by atoms with E-state index in [0.717, 1.165) is 28.8 Å². The lowest BCUT2D eigenvalue weighted by Gasteiger charge is -2.06. The number of pyridine rings is 1. The first-order valence-corrected chi connectivity index (χ1v) is 5.38. The fourth-order valence-electron chi connectivity index (χ4n) is 1.71. The summed E-state index contributed by atoms with van der Waals surface area (Å²) in [4.78, 5) is 4.56. The summed E-state index contributed by atoms with van der Waals surface area (Å²) in [6.07, 6.45) is 0.799. The van der Waals surface area contributed by atoms with Gasteiger partial charge in [-0.25, -0.2) is 0 Å². The van der Waals surface area contributed by atoms with Crippen molar-refractivity contribution in [2.45, 2.75) is 19.4 Å². The Labute approximate surface area is 95.2 Å². The van der Waals surface area contributed by atoms with E-state index >= 15 is 0 Å². The fourth-order valence-corrected chi connectivity index (χ4v) is 1.71. The Hall–Kier alpha value is -1.61. The van der Waals surface area contributed by atoms with Crippen molar-refractivity contribution in [1.29, 1.82) is 0 Å². The second-order valence-electron chi connectivity index (χ2n) is 4.04. The van der Waals surface area contributed by atoms with Gasteiger partial charge in [0.2, 0.25) is 0 Å². The Morgan fingerprint density at radius 3 is 2.75 bits per heavy atom. The Bertz CT molecular complexity index is 494. The van der Waals surface area contributed by atoms with Crippen molar-refractivity contribution in [3.63, 3.8) is 0 Å². The molecule has 0 bridgehead atoms. The van der Waals surface area contributed by atoms with Crippen LogP contribution in [-0.2, 0) is 6.42 Å². The highest BCUT2D eigenvalue weighted by Crippen LogP contribution is 2.19. The maximum absolute atomic E-state index is 5.76. The highest BCUT2D eigenvalue weighted by Gasteiger charge is 2.02. The summed E-state index contributed by atoms with van der Waals surface area (Å²) in [7, 11) is 1.66. The molecule has 0 aliphatic carbocycles. The van der Waals surface area contributed by atoms with E-state index in [1.165, 1.54) is 0 Å². The average molecular weight is 216 g/mol. The summed E-state index contributed by atoms with van der Waals surface area (Å²) < 4.78 is 5.18. The summed E-state index contributed by atoms with van der Waals surface area (Å²) >= 11 is 0. The molecule has 3 heteroatoms. The van der Waals surface area contributed by atoms with E-state index in [2.05, 4.69) is 11.1 Å². The fraction of sp³-hybridized carbons (Fsp3) is 0.308. The molecular weight excluding hydrogens is 200 g/mol. The molecule has 0 spiro atoms. The van der Waals surface area contributed by atoms with Gasteiger partial charge in [0.1, 0.15) is 5.75 Å². The Morgan fingerprint density at radius 1 is 1.31 bits per heavy atom. The molecule has 0 radical (unpaired) electrons. The minimum atomic E-state index is 0.135. The predicted octanol–water partition coefficient (Wildman–Crippen LogP) is 2.13. The highest BCUT2D eigenvalue weighted by molar-refractivity contribution is 5.80. The topological polar surface area (TPSA) is 48.1 Å². The smallest absolute Gasteiger partial charge is 0.121 e. The summed E-state index contributed by atoms with van der Waals surface area (Å²) in [5.41, 5.74) is 7.74. The maximum Gasteiger partial charge on any atom is 0.121 e. The molecule has 0 fully saturated rings. The van der Waals surface area contributed by atoms with Crippen molar-refractivity contribution in [1.82, 2.24) is 4.98 Å². The number of benzene rings is 1. The normalized spacial score (nSPS) is 12.7. The number of nitrogens with two attached hydrogens (primary N) is 1. The van der Waals surface area contributed by atoms with Gasteiger partial charge in [-0.15, -0.1) is 0 Å². The lowest BCUT2D eigenvalue weighted by Crippen LogP contribution is -2.18. The third-order valence-electron chi connectivity index (χ3n) is 2.49. The molecule has 2 aromatic rings. The minimum Gasteiger partial charge on any atom is -0.497 e. The molecular formula is C13H16N2O. The van der Waals surface area contributed by atoms with Gasteiger partial charge in [0.15, 0.2) is 0 Å². The van der Waals surface area contributed by atoms with Crippen LogP contribution in [0, 0.1) is 0 Å². The largest absolute Gasteiger partial charge is 0.497 e. The SMILES string of the molecule is COc1ccc2ccc(CC(C)N)nc2c1. The van der Waals surface area contributed by atoms with Crippen molar-refractivity contribution >= 4 is 10.9 Å². The number of aromatic nitrogens is 1. The molecule has 84 valence electrons. The highest BCUT2D eigenvalue weighted by atomic mass is 16.5. The van der Waals surface area contributed by atoms with Gasteiger partial charge in [-0.2, -0.15) is 0 Å². The molecule has 0 aliphatic heterocycles. The maximum atomic E-state index is 5.76. The summed E-state index contributed by atoms with van der Waals surface area (Å²) in [5, 5.41) is 1.12. The monoisotopic (exact) mass is 216 g/mol. The van der Waals surface area contributed by atoms with Crippen LogP contribution in [0.25, 0.3) is 10.9 Å². The Kier molecular flexibility index (Phi) is 3.06. The molecule has 16 heavy (non-hydrogen) atoms. The van der Waals surface area contributed by atoms with E-state index in [-0.39, 0.29) is 6.04 Å². The van der Waals surface area contributed by atoms with Crippen molar-refractivity contribution in [2.75, 3.05) is 7.11 Å². The van der Waals surface area contributed by atoms with Crippen LogP contribution in [-0.4, -0.2) is 18.1 Å². The van der Waals surface area contributed by atoms with E-state index < -0.39 is 0 Å². The molecule has 0 saturated carbocycles. The molecule has 0 saturated heterocycles. The zero-order chi connectivity index (χ0) is 11.5. The molecule has 1 aromatic carbocycles. The van der Waals surface area contributed by atoms with Gasteiger partial charge in [0.25, 0.3) is 0 Å². The summed E-state index contributed by atoms with van der Waals surface area (Å²) in [5.74, 6) is 0.831. The van der Waals surface area contributed by atoms with E-state index in [4.69, 9.17) is 10.5 Å². The van der Waals surface area contributed by atoms with Crippen LogP contribution in [0.2, 0.25) is 0 Å². The van der Waals surface area contributed by atoms with Crippen LogP contribution in [0.4, 0.5) is 0 Å². The van der Waals surface area contributed by atoms with Gasteiger partial charge < -0.3 is 10.5 Å². The van der Waals surface area contributed by atoms with Crippen LogP contribution in [0.15, 0.2) is 30.3 Å². The van der Waals surface area contributed by atoms with Crippen LogP contribution in [0.3, 0.4) is 0 Å². The van der Waals surface area contributed by atoms with E-state index in [1.807, 2.05) is 31.2 Å². The number of fused-ring (bicyclic) bond motifs is 1. The predicted molar refractivity (Wildman–Crippen MR) is 65.6 cm³/mol. The number of nitrogens with zero attached hydrogens (tertiary/aromatic N) is 1. The van der Waals surface area contributed by atoms with Gasteiger partial charge in [-0.1, -0.05) is 6.07 Å². The second-order valence-corrected chi connectivity index (χ2v) is 4.04. The van der Waals surface area contributed by atoms with E-state index in [0.29, 0.717) is 0 Å². The number of hydrogen-bond acceptors (Lipinski definition) is 3. The van der Waals surface area contributed by atoms with Crippen LogP contribution in [0.1, 0.15) is 12.6 Å². The first-order chi connectivity index (χ1) is 7.69. The Morgan fingerprint density at radius 2 is 2.06 bits per heavy atom. The van der Waals surface area contributed by atoms with Crippen molar-refractivity contribution < 1.29 is 4.74 Å². The zero-order valence-corrected chi connectivity index (χ0v) is 9.60. The first kappa shape index (κ1) is 10.9. The average Bonchev–Trinajstić information content (AvgIpc) is 2.27. The quantitative estimate of drug-likeness (QED) is 0.855. The first-order valence-electron chi connectivity index (χ1n) is 5.38. The van der Waals surface area contributed by atoms with Gasteiger partial charge >= 0.3 is 0 Å². The number of hydrogen-bond donors (Lipinski definition) is 1. The molecule has 2 rings (SSSR count). The third-order valence-corrected chi connectivity index (χ3v) is 2.49. The molecule has 1 heterocycles. The van der Waals surface area contributed by atoms with Gasteiger partial charge in [-0.3, -0.25) is 4.98 Å². The van der Waals surface area contributed by atoms with Gasteiger partial charge in [-0.05, 0) is 25.1 Å². The molecule has 3 nitrogen and oxygen atoms in total. The lowest BCUT2D eigenvalue weighted by molar-refractivity contribution is 0.415. The van der Waals surface area contributed by atoms with Gasteiger partial charge in [0, 0.05) is 29.6 Å². The standard InChI is InChI=1S/C13H16N2O/c1-9(14)7-11-5-3-10-4-6-12(16-2)8-13(10)15-11/h3-6,8-9H,7,14H2,1-2H3. The third kappa shape index (κ3) is 2.31. The van der Waals surface area contributed by atoms with Crippen LogP contribution in [0.5, 0.6) is 5.75 Å². The Balaban J connectivity index is 2.42. The van der Waals surface area contributed by atoms with Crippen LogP contribution >= 0.6 is 0 Å². The molecule has 1 unspecified atom stereocenters. The molecule has 0 amide bonds. The molecule has 1 atom stereocenters. The summed E-state index contributed by atoms with van der Waals surface area (Å²) in [6, 6.07) is 10.1. The summed E-state index contributed by atoms with van der Waals surface area (Å²) in [6.45, 7) is 1.98. The molecule has 0 aliphatic rings. The minimum absolute atomic E-state index is 0.135.